The summed E-state index contributed by atoms with van der Waals surface area (Å²) in [6, 6.07) is 0. The van der Waals surface area contributed by atoms with Gasteiger partial charge >= 0.3 is 0 Å². The zero-order chi connectivity index (χ0) is 17.7. The number of rotatable bonds is 10. The highest BCUT2D eigenvalue weighted by Crippen LogP contribution is 2.37. The first kappa shape index (κ1) is 20.7. The molecule has 25 heavy (non-hydrogen) atoms. The van der Waals surface area contributed by atoms with E-state index in [-0.39, 0.29) is 0 Å². The zero-order valence-corrected chi connectivity index (χ0v) is 16.9. The number of allylic oxidation sites excluding steroid dienone is 3. The molecule has 0 spiro atoms. The Balaban J connectivity index is 1.50. The van der Waals surface area contributed by atoms with Crippen molar-refractivity contribution in [1.82, 2.24) is 0 Å². The lowest BCUT2D eigenvalue weighted by Gasteiger charge is -2.32. The van der Waals surface area contributed by atoms with Crippen LogP contribution in [0.3, 0.4) is 0 Å². The quantitative estimate of drug-likeness (QED) is 0.294. The Kier molecular flexibility index (Phi) is 10.6. The van der Waals surface area contributed by atoms with Gasteiger partial charge in [0.15, 0.2) is 0 Å². The smallest absolute Gasteiger partial charge is 0.0575 e. The van der Waals surface area contributed by atoms with Crippen molar-refractivity contribution in [3.05, 3.63) is 24.3 Å². The molecule has 0 heterocycles. The molecule has 0 aliphatic heterocycles. The summed E-state index contributed by atoms with van der Waals surface area (Å²) in [4.78, 5) is 0. The third-order valence-electron chi connectivity index (χ3n) is 6.59. The molecule has 0 bridgehead atoms. The van der Waals surface area contributed by atoms with Gasteiger partial charge in [-0.25, -0.2) is 0 Å². The molecule has 0 atom stereocenters. The van der Waals surface area contributed by atoms with Gasteiger partial charge in [-0.1, -0.05) is 62.8 Å². The minimum absolute atomic E-state index is 0.550. The summed E-state index contributed by atoms with van der Waals surface area (Å²) in [5.74, 6) is 3.04. The number of hydrogen-bond donors (Lipinski definition) is 0. The van der Waals surface area contributed by atoms with Crippen LogP contribution in [0, 0.1) is 17.8 Å². The highest BCUT2D eigenvalue weighted by molar-refractivity contribution is 4.81. The van der Waals surface area contributed by atoms with Gasteiger partial charge in [-0.3, -0.25) is 0 Å². The van der Waals surface area contributed by atoms with Crippen LogP contribution >= 0.6 is 0 Å². The number of hydrogen-bond acceptors (Lipinski definition) is 1. The van der Waals surface area contributed by atoms with Gasteiger partial charge in [0, 0.05) is 0 Å². The first-order valence-electron chi connectivity index (χ1n) is 11.2. The van der Waals surface area contributed by atoms with Crippen molar-refractivity contribution in [3.63, 3.8) is 0 Å². The Hall–Kier alpha value is -0.560. The Morgan fingerprint density at radius 2 is 1.12 bits per heavy atom. The van der Waals surface area contributed by atoms with E-state index in [0.717, 1.165) is 30.8 Å². The third kappa shape index (κ3) is 8.58. The first-order valence-corrected chi connectivity index (χ1v) is 11.2. The van der Waals surface area contributed by atoms with Gasteiger partial charge in [0.05, 0.1) is 12.7 Å². The predicted octanol–water partition coefficient (Wildman–Crippen LogP) is 7.47. The molecule has 2 aliphatic carbocycles. The van der Waals surface area contributed by atoms with E-state index in [1.807, 2.05) is 0 Å². The maximum atomic E-state index is 6.02. The van der Waals surface area contributed by atoms with Gasteiger partial charge in [-0.05, 0) is 76.5 Å². The maximum absolute atomic E-state index is 6.02. The molecule has 0 amide bonds. The van der Waals surface area contributed by atoms with Crippen LogP contribution < -0.4 is 0 Å². The summed E-state index contributed by atoms with van der Waals surface area (Å²) in [5, 5.41) is 0. The standard InChI is InChI=1S/C24H42O/c1-3-5-7-9-21-10-12-22(13-11-21)14-15-23-16-18-24(19-17-23)25-20-8-6-4-2/h3-6,21-24H,7-20H2,1-2H3/b5-3+,6-4-/t21-,22-,23-,24-. The fourth-order valence-electron chi connectivity index (χ4n) is 4.84. The minimum Gasteiger partial charge on any atom is -0.378 e. The Bertz CT molecular complexity index is 368. The normalized spacial score (nSPS) is 31.1. The molecule has 0 aromatic heterocycles. The van der Waals surface area contributed by atoms with Crippen LogP contribution in [0.4, 0.5) is 0 Å². The summed E-state index contributed by atoms with van der Waals surface area (Å²) in [5.41, 5.74) is 0. The average molecular weight is 347 g/mol. The molecule has 0 unspecified atom stereocenters. The van der Waals surface area contributed by atoms with Gasteiger partial charge < -0.3 is 4.74 Å². The second-order valence-corrected chi connectivity index (χ2v) is 8.48. The SMILES string of the molecule is C/C=C\CCO[C@H]1CC[C@H](CC[C@H]2CC[C@H](CC/C=C/C)CC2)CC1. The third-order valence-corrected chi connectivity index (χ3v) is 6.59. The lowest BCUT2D eigenvalue weighted by Crippen LogP contribution is -2.23. The molecular formula is C24H42O. The van der Waals surface area contributed by atoms with E-state index in [2.05, 4.69) is 38.2 Å². The van der Waals surface area contributed by atoms with Crippen LogP contribution in [0.25, 0.3) is 0 Å². The van der Waals surface area contributed by atoms with Crippen LogP contribution in [0.15, 0.2) is 24.3 Å². The number of ether oxygens (including phenoxy) is 1. The molecule has 0 N–H and O–H groups in total. The molecule has 0 saturated heterocycles. The topological polar surface area (TPSA) is 9.23 Å². The van der Waals surface area contributed by atoms with Crippen LogP contribution in [0.1, 0.15) is 97.3 Å². The zero-order valence-electron chi connectivity index (χ0n) is 16.9. The molecule has 2 saturated carbocycles. The second kappa shape index (κ2) is 12.7. The van der Waals surface area contributed by atoms with Crippen LogP contribution in [-0.2, 0) is 4.74 Å². The van der Waals surface area contributed by atoms with Gasteiger partial charge in [-0.15, -0.1) is 0 Å². The highest BCUT2D eigenvalue weighted by Gasteiger charge is 2.24. The molecule has 0 aromatic carbocycles. The Labute approximate surface area is 157 Å². The van der Waals surface area contributed by atoms with E-state index < -0.39 is 0 Å². The molecule has 0 aromatic rings. The summed E-state index contributed by atoms with van der Waals surface area (Å²) in [6.07, 6.45) is 27.6. The van der Waals surface area contributed by atoms with Crippen LogP contribution in [0.5, 0.6) is 0 Å². The van der Waals surface area contributed by atoms with Crippen molar-refractivity contribution in [3.8, 4) is 0 Å². The van der Waals surface area contributed by atoms with Crippen molar-refractivity contribution in [2.45, 2.75) is 103 Å². The monoisotopic (exact) mass is 346 g/mol. The lowest BCUT2D eigenvalue weighted by atomic mass is 9.76. The minimum atomic E-state index is 0.550. The molecule has 1 nitrogen and oxygen atoms in total. The molecule has 1 heteroatoms. The first-order chi connectivity index (χ1) is 12.3. The van der Waals surface area contributed by atoms with E-state index in [0.29, 0.717) is 6.10 Å². The van der Waals surface area contributed by atoms with Crippen molar-refractivity contribution in [2.24, 2.45) is 17.8 Å². The molecular weight excluding hydrogens is 304 g/mol. The van der Waals surface area contributed by atoms with Gasteiger partial charge in [-0.2, -0.15) is 0 Å². The summed E-state index contributed by atoms with van der Waals surface area (Å²) in [6.45, 7) is 5.14. The predicted molar refractivity (Wildman–Crippen MR) is 110 cm³/mol. The van der Waals surface area contributed by atoms with E-state index in [9.17, 15) is 0 Å². The average Bonchev–Trinajstić information content (AvgIpc) is 2.66. The van der Waals surface area contributed by atoms with Crippen molar-refractivity contribution in [2.75, 3.05) is 6.61 Å². The molecule has 2 fully saturated rings. The maximum Gasteiger partial charge on any atom is 0.0575 e. The van der Waals surface area contributed by atoms with Gasteiger partial charge in [0.2, 0.25) is 0 Å². The Morgan fingerprint density at radius 1 is 0.640 bits per heavy atom. The van der Waals surface area contributed by atoms with E-state index >= 15 is 0 Å². The van der Waals surface area contributed by atoms with Crippen molar-refractivity contribution < 1.29 is 4.74 Å². The second-order valence-electron chi connectivity index (χ2n) is 8.48. The van der Waals surface area contributed by atoms with Crippen molar-refractivity contribution in [1.29, 1.82) is 0 Å². The van der Waals surface area contributed by atoms with Gasteiger partial charge in [0.25, 0.3) is 0 Å². The lowest BCUT2D eigenvalue weighted by molar-refractivity contribution is 0.0188. The summed E-state index contributed by atoms with van der Waals surface area (Å²) < 4.78 is 6.02. The van der Waals surface area contributed by atoms with Crippen LogP contribution in [0.2, 0.25) is 0 Å². The molecule has 2 aliphatic rings. The van der Waals surface area contributed by atoms with Gasteiger partial charge in [0.1, 0.15) is 0 Å². The molecule has 0 radical (unpaired) electrons. The highest BCUT2D eigenvalue weighted by atomic mass is 16.5. The molecule has 2 rings (SSSR count). The van der Waals surface area contributed by atoms with E-state index in [1.54, 1.807) is 0 Å². The fourth-order valence-corrected chi connectivity index (χ4v) is 4.84. The Morgan fingerprint density at radius 3 is 1.68 bits per heavy atom. The fraction of sp³-hybridized carbons (Fsp3) is 0.833. The van der Waals surface area contributed by atoms with Crippen LogP contribution in [-0.4, -0.2) is 12.7 Å². The summed E-state index contributed by atoms with van der Waals surface area (Å²) >= 11 is 0. The largest absolute Gasteiger partial charge is 0.378 e. The summed E-state index contributed by atoms with van der Waals surface area (Å²) in [7, 11) is 0. The van der Waals surface area contributed by atoms with E-state index in [4.69, 9.17) is 4.74 Å². The van der Waals surface area contributed by atoms with Crippen molar-refractivity contribution >= 4 is 0 Å². The van der Waals surface area contributed by atoms with E-state index in [1.165, 1.54) is 77.0 Å². The molecule has 144 valence electrons.